The van der Waals surface area contributed by atoms with Crippen LogP contribution in [-0.4, -0.2) is 0 Å². The second-order valence-electron chi connectivity index (χ2n) is 29.0. The van der Waals surface area contributed by atoms with Crippen LogP contribution in [0.3, 0.4) is 0 Å². The highest BCUT2D eigenvalue weighted by atomic mass is 14.6. The fourth-order valence-electron chi connectivity index (χ4n) is 14.1. The average Bonchev–Trinajstić information content (AvgIpc) is 3.85. The van der Waals surface area contributed by atoms with Crippen LogP contribution in [0.15, 0.2) is 0 Å². The Kier molecular flexibility index (Phi) is 11.2. The van der Waals surface area contributed by atoms with E-state index in [1.807, 2.05) is 0 Å². The topological polar surface area (TPSA) is 0 Å². The minimum absolute atomic E-state index is 1.00. The van der Waals surface area contributed by atoms with E-state index in [0.29, 0.717) is 0 Å². The molecule has 26 rings (SSSR count). The van der Waals surface area contributed by atoms with Gasteiger partial charge in [-0.1, -0.05) is 6.92 Å². The Morgan fingerprint density at radius 2 is 0.361 bits per heavy atom. The van der Waals surface area contributed by atoms with E-state index >= 15 is 0 Å². The Balaban J connectivity index is 0.0000000681. The Morgan fingerprint density at radius 3 is 0.361 bits per heavy atom. The van der Waals surface area contributed by atoms with Crippen LogP contribution in [0, 0.1) is 135 Å². The van der Waals surface area contributed by atoms with Crippen LogP contribution in [0.25, 0.3) is 0 Å². The van der Waals surface area contributed by atoms with Gasteiger partial charge in [0.1, 0.15) is 0 Å². The minimum Gasteiger partial charge on any atom is -0.0620 e. The number of hydrogen-bond acceptors (Lipinski definition) is 0. The quantitative estimate of drug-likeness (QED) is 0.228. The van der Waals surface area contributed by atoms with Gasteiger partial charge in [-0.2, -0.15) is 0 Å². The molecule has 0 nitrogen and oxygen atoms in total. The predicted octanol–water partition coefficient (Wildman–Crippen LogP) is 17.5. The molecule has 0 aromatic heterocycles. The van der Waals surface area contributed by atoms with Gasteiger partial charge in [0.2, 0.25) is 0 Å². The smallest absolute Gasteiger partial charge is 0.0297 e. The second-order valence-corrected chi connectivity index (χ2v) is 29.0. The molecule has 61 heavy (non-hydrogen) atoms. The fraction of sp³-hybridized carbons (Fsp3) is 1.00. The van der Waals surface area contributed by atoms with Crippen LogP contribution in [0.1, 0.15) is 244 Å². The Bertz CT molecular complexity index is 1080. The summed E-state index contributed by atoms with van der Waals surface area (Å²) in [4.78, 5) is 0. The third-order valence-electron chi connectivity index (χ3n) is 24.3. The molecule has 0 amide bonds. The maximum atomic E-state index is 2.38. The lowest BCUT2D eigenvalue weighted by molar-refractivity contribution is 0.0197. The molecule has 4 bridgehead atoms. The van der Waals surface area contributed by atoms with Crippen LogP contribution < -0.4 is 0 Å². The summed E-state index contributed by atoms with van der Waals surface area (Å²) in [6, 6.07) is 0. The molecule has 0 radical (unpaired) electrons. The summed E-state index contributed by atoms with van der Waals surface area (Å²) in [6.07, 6.45) is 58.0. The van der Waals surface area contributed by atoms with E-state index in [1.165, 1.54) is 118 Å². The van der Waals surface area contributed by atoms with Crippen molar-refractivity contribution in [3.05, 3.63) is 0 Å². The summed E-state index contributed by atoms with van der Waals surface area (Å²) in [5, 5.41) is 0. The van der Waals surface area contributed by atoms with E-state index in [0.717, 1.165) is 16.7 Å². The van der Waals surface area contributed by atoms with Crippen LogP contribution in [0.5, 0.6) is 0 Å². The van der Waals surface area contributed by atoms with Crippen LogP contribution in [-0.2, 0) is 0 Å². The molecule has 0 aromatic rings. The van der Waals surface area contributed by atoms with Crippen molar-refractivity contribution < 1.29 is 0 Å². The number of rotatable bonds is 0. The van der Waals surface area contributed by atoms with Gasteiger partial charge in [0.25, 0.3) is 0 Å². The molecular formula is C61H98. The Labute approximate surface area is 378 Å². The molecule has 26 aliphatic carbocycles. The fourth-order valence-corrected chi connectivity index (χ4v) is 14.1. The van der Waals surface area contributed by atoms with Gasteiger partial charge in [-0.25, -0.2) is 0 Å². The van der Waals surface area contributed by atoms with Gasteiger partial charge in [-0.15, -0.1) is 0 Å². The minimum atomic E-state index is 1.00. The van der Waals surface area contributed by atoms with Gasteiger partial charge in [0, 0.05) is 0 Å². The van der Waals surface area contributed by atoms with Gasteiger partial charge < -0.3 is 0 Å². The van der Waals surface area contributed by atoms with Gasteiger partial charge in [0.15, 0.2) is 0 Å². The Morgan fingerprint density at radius 1 is 0.213 bits per heavy atom. The molecule has 342 valence electrons. The largest absolute Gasteiger partial charge is 0.0620 e. The number of fused-ring (bicyclic) bond motifs is 8. The summed E-state index contributed by atoms with van der Waals surface area (Å²) in [7, 11) is 0. The SMILES string of the molecule is C1C2CC1C2.C1C2CC1C2.C1CC12CC2.C1CC12CC2.C1C[C@@H]2CC12.C1C[C@@H]2CC12.C1C[C@H]2CC12.C1C[C@H]2C[C@@H]12.C1C[C@H]2C[C@@H]12.C1C[C@H]2C[C@@H]12.C1C[C@H]2C[C@@H]12.CC1[C@H]2CC[C@@H]12. The normalized spacial score (nSPS) is 54.9. The first kappa shape index (κ1) is 41.2. The third kappa shape index (κ3) is 10.9. The third-order valence-corrected chi connectivity index (χ3v) is 24.3. The predicted molar refractivity (Wildman–Crippen MR) is 255 cm³/mol. The highest BCUT2D eigenvalue weighted by Crippen LogP contribution is 2.67. The first-order valence-corrected chi connectivity index (χ1v) is 29.9. The molecule has 0 heteroatoms. The zero-order valence-corrected chi connectivity index (χ0v) is 40.3. The highest BCUT2D eigenvalue weighted by Gasteiger charge is 2.54. The lowest BCUT2D eigenvalue weighted by atomic mass is 9.56. The standard InChI is InChI=1S/C6H10.11C5H8/c1-4-5-2-3-6(4)5;2*1-4-2-5(1)3-4;2*1-2-5(1)3-4-5;7*1-2-5-3-4(1)5/h4-6H,2-3H2,1H3;2*4-5H,1-3H2;2*1-4H2;7*4-5H,1-3H2/t4?,5-,6+;;;;;3*4-,5?;4*4-,5+/m.....110..../s1. The van der Waals surface area contributed by atoms with E-state index < -0.39 is 0 Å². The molecule has 0 aliphatic heterocycles. The van der Waals surface area contributed by atoms with E-state index in [1.54, 1.807) is 238 Å². The maximum absolute atomic E-state index is 2.38. The van der Waals surface area contributed by atoms with E-state index in [4.69, 9.17) is 0 Å². The van der Waals surface area contributed by atoms with Crippen molar-refractivity contribution in [2.75, 3.05) is 0 Å². The molecule has 26 aliphatic rings. The van der Waals surface area contributed by atoms with Crippen LogP contribution in [0.2, 0.25) is 0 Å². The Hall–Kier alpha value is 0. The van der Waals surface area contributed by atoms with Crippen molar-refractivity contribution in [1.82, 2.24) is 0 Å². The highest BCUT2D eigenvalue weighted by molar-refractivity contribution is 5.05. The van der Waals surface area contributed by atoms with Gasteiger partial charge in [-0.05, 0) is 373 Å². The molecule has 0 aromatic carbocycles. The molecule has 0 N–H and O–H groups in total. The van der Waals surface area contributed by atoms with Crippen molar-refractivity contribution in [2.24, 2.45) is 135 Å². The molecule has 0 saturated heterocycles. The van der Waals surface area contributed by atoms with E-state index in [9.17, 15) is 0 Å². The maximum Gasteiger partial charge on any atom is -0.0297 e. The summed E-state index contributed by atoms with van der Waals surface area (Å²) in [6.45, 7) is 2.38. The second kappa shape index (κ2) is 16.7. The lowest BCUT2D eigenvalue weighted by Crippen LogP contribution is -2.38. The number of hydrogen-bond donors (Lipinski definition) is 0. The van der Waals surface area contributed by atoms with E-state index in [-0.39, 0.29) is 0 Å². The van der Waals surface area contributed by atoms with Crippen molar-refractivity contribution in [2.45, 2.75) is 244 Å². The van der Waals surface area contributed by atoms with Gasteiger partial charge in [0.05, 0.1) is 0 Å². The molecule has 0 heterocycles. The molecule has 26 fully saturated rings. The van der Waals surface area contributed by atoms with Gasteiger partial charge in [-0.3, -0.25) is 0 Å². The summed E-state index contributed by atoms with van der Waals surface area (Å²) in [5.41, 5.74) is 2.00. The lowest BCUT2D eigenvalue weighted by Gasteiger charge is -2.49. The monoisotopic (exact) mass is 831 g/mol. The zero-order valence-electron chi connectivity index (χ0n) is 40.3. The molecular weight excluding hydrogens is 733 g/mol. The average molecular weight is 831 g/mol. The zero-order chi connectivity index (χ0) is 40.3. The van der Waals surface area contributed by atoms with Gasteiger partial charge >= 0.3 is 0 Å². The van der Waals surface area contributed by atoms with Crippen molar-refractivity contribution >= 4 is 0 Å². The van der Waals surface area contributed by atoms with Crippen LogP contribution in [0.4, 0.5) is 0 Å². The molecule has 4 unspecified atom stereocenters. The summed E-state index contributed by atoms with van der Waals surface area (Å²) < 4.78 is 0. The molecule has 26 saturated carbocycles. The summed E-state index contributed by atoms with van der Waals surface area (Å²) >= 11 is 0. The van der Waals surface area contributed by atoms with E-state index in [2.05, 4.69) is 6.92 Å². The first-order chi connectivity index (χ1) is 29.9. The van der Waals surface area contributed by atoms with Crippen molar-refractivity contribution in [3.63, 3.8) is 0 Å². The first-order valence-electron chi connectivity index (χ1n) is 29.9. The van der Waals surface area contributed by atoms with Crippen LogP contribution >= 0.6 is 0 Å². The summed E-state index contributed by atoms with van der Waals surface area (Å²) in [5.74, 6) is 25.6. The molecule has 2 spiro atoms. The molecule has 17 atom stereocenters. The van der Waals surface area contributed by atoms with Crippen molar-refractivity contribution in [3.8, 4) is 0 Å². The van der Waals surface area contributed by atoms with Crippen molar-refractivity contribution in [1.29, 1.82) is 0 Å².